The molecule has 9 heteroatoms. The molecule has 0 unspecified atom stereocenters. The van der Waals surface area contributed by atoms with Crippen molar-refractivity contribution in [2.75, 3.05) is 7.11 Å². The predicted octanol–water partition coefficient (Wildman–Crippen LogP) is 2.07. The van der Waals surface area contributed by atoms with Crippen LogP contribution < -0.4 is 10.1 Å². The largest absolute Gasteiger partial charge is 0.497 e. The second-order valence-corrected chi connectivity index (χ2v) is 8.01. The van der Waals surface area contributed by atoms with Gasteiger partial charge >= 0.3 is 0 Å². The maximum atomic E-state index is 12.9. The monoisotopic (exact) mass is 400 g/mol. The molecule has 2 heterocycles. The summed E-state index contributed by atoms with van der Waals surface area (Å²) in [6.07, 6.45) is 5.83. The highest BCUT2D eigenvalue weighted by Crippen LogP contribution is 2.23. The molecule has 0 saturated carbocycles. The Balaban J connectivity index is 1.77. The van der Waals surface area contributed by atoms with Crippen molar-refractivity contribution in [3.05, 3.63) is 71.6 Å². The van der Waals surface area contributed by atoms with Gasteiger partial charge in [-0.1, -0.05) is 0 Å². The Kier molecular flexibility index (Phi) is 5.46. The maximum absolute atomic E-state index is 12.9. The van der Waals surface area contributed by atoms with Crippen LogP contribution in [0.25, 0.3) is 0 Å². The van der Waals surface area contributed by atoms with Gasteiger partial charge in [0.15, 0.2) is 0 Å². The zero-order valence-corrected chi connectivity index (χ0v) is 16.5. The predicted molar refractivity (Wildman–Crippen MR) is 103 cm³/mol. The number of benzene rings is 1. The molecule has 8 nitrogen and oxygen atoms in total. The number of rotatable bonds is 6. The quantitative estimate of drug-likeness (QED) is 0.679. The van der Waals surface area contributed by atoms with Crippen LogP contribution >= 0.6 is 0 Å². The molecular weight excluding hydrogens is 380 g/mol. The normalized spacial score (nSPS) is 11.2. The smallest absolute Gasteiger partial charge is 0.267 e. The Labute approximate surface area is 163 Å². The van der Waals surface area contributed by atoms with Crippen LogP contribution in [0.2, 0.25) is 0 Å². The average Bonchev–Trinajstić information content (AvgIpc) is 3.18. The lowest BCUT2D eigenvalue weighted by atomic mass is 10.2. The van der Waals surface area contributed by atoms with Gasteiger partial charge in [0.25, 0.3) is 15.9 Å². The SMILES string of the molecule is COc1ccc(S(=O)(=O)n2ccc(C(=O)NCc3cnc(C)cn3)c2)c(C)c1. The number of carbonyl (C=O) groups is 1. The number of hydrogen-bond donors (Lipinski definition) is 1. The molecule has 0 bridgehead atoms. The molecule has 0 aliphatic heterocycles. The summed E-state index contributed by atoms with van der Waals surface area (Å²) >= 11 is 0. The van der Waals surface area contributed by atoms with E-state index in [0.717, 1.165) is 9.67 Å². The van der Waals surface area contributed by atoms with E-state index in [1.54, 1.807) is 31.5 Å². The van der Waals surface area contributed by atoms with Gasteiger partial charge in [-0.15, -0.1) is 0 Å². The highest BCUT2D eigenvalue weighted by molar-refractivity contribution is 7.90. The van der Waals surface area contributed by atoms with Crippen LogP contribution in [0.1, 0.15) is 27.3 Å². The Morgan fingerprint density at radius 3 is 2.61 bits per heavy atom. The molecule has 28 heavy (non-hydrogen) atoms. The van der Waals surface area contributed by atoms with E-state index in [1.165, 1.54) is 31.6 Å². The number of ether oxygens (including phenoxy) is 1. The lowest BCUT2D eigenvalue weighted by Crippen LogP contribution is -2.23. The van der Waals surface area contributed by atoms with Crippen LogP contribution in [-0.2, 0) is 16.6 Å². The summed E-state index contributed by atoms with van der Waals surface area (Å²) in [4.78, 5) is 20.7. The zero-order chi connectivity index (χ0) is 20.3. The third kappa shape index (κ3) is 4.04. The van der Waals surface area contributed by atoms with Crippen molar-refractivity contribution >= 4 is 15.9 Å². The molecule has 0 aliphatic rings. The van der Waals surface area contributed by atoms with Gasteiger partial charge in [-0.05, 0) is 43.7 Å². The standard InChI is InChI=1S/C19H20N4O4S/c1-13-8-17(27-3)4-5-18(13)28(25,26)23-7-6-15(12-23)19(24)22-11-16-10-20-14(2)9-21-16/h4-10,12H,11H2,1-3H3,(H,22,24). The van der Waals surface area contributed by atoms with E-state index in [-0.39, 0.29) is 17.0 Å². The molecule has 3 aromatic rings. The molecule has 146 valence electrons. The summed E-state index contributed by atoms with van der Waals surface area (Å²) in [6.45, 7) is 3.71. The van der Waals surface area contributed by atoms with Gasteiger partial charge < -0.3 is 10.1 Å². The van der Waals surface area contributed by atoms with Gasteiger partial charge in [-0.3, -0.25) is 14.8 Å². The second kappa shape index (κ2) is 7.81. The first-order valence-electron chi connectivity index (χ1n) is 8.45. The average molecular weight is 400 g/mol. The Morgan fingerprint density at radius 2 is 1.96 bits per heavy atom. The molecule has 0 saturated heterocycles. The molecule has 2 aromatic heterocycles. The Morgan fingerprint density at radius 1 is 1.18 bits per heavy atom. The van der Waals surface area contributed by atoms with Crippen molar-refractivity contribution in [1.82, 2.24) is 19.3 Å². The van der Waals surface area contributed by atoms with E-state index >= 15 is 0 Å². The van der Waals surface area contributed by atoms with Crippen molar-refractivity contribution in [3.8, 4) is 5.75 Å². The second-order valence-electron chi connectivity index (χ2n) is 6.20. The number of nitrogens with one attached hydrogen (secondary N) is 1. The van der Waals surface area contributed by atoms with E-state index in [2.05, 4.69) is 15.3 Å². The van der Waals surface area contributed by atoms with E-state index in [4.69, 9.17) is 4.74 Å². The lowest BCUT2D eigenvalue weighted by molar-refractivity contribution is 0.0950. The number of aromatic nitrogens is 3. The van der Waals surface area contributed by atoms with E-state index < -0.39 is 15.9 Å². The van der Waals surface area contributed by atoms with Crippen molar-refractivity contribution in [3.63, 3.8) is 0 Å². The first-order valence-corrected chi connectivity index (χ1v) is 9.89. The summed E-state index contributed by atoms with van der Waals surface area (Å²) < 4.78 is 31.9. The summed E-state index contributed by atoms with van der Waals surface area (Å²) in [7, 11) is -2.30. The number of nitrogens with zero attached hydrogens (tertiary/aromatic N) is 3. The van der Waals surface area contributed by atoms with Crippen molar-refractivity contribution < 1.29 is 17.9 Å². The third-order valence-electron chi connectivity index (χ3n) is 4.13. The summed E-state index contributed by atoms with van der Waals surface area (Å²) in [5.41, 5.74) is 2.18. The minimum atomic E-state index is -3.82. The first kappa shape index (κ1) is 19.6. The molecule has 0 atom stereocenters. The van der Waals surface area contributed by atoms with Crippen LogP contribution in [0, 0.1) is 13.8 Å². The molecule has 0 fully saturated rings. The number of aryl methyl sites for hydroxylation is 2. The van der Waals surface area contributed by atoms with E-state index in [1.807, 2.05) is 6.92 Å². The Hall–Kier alpha value is -3.20. The number of amides is 1. The topological polar surface area (TPSA) is 103 Å². The minimum Gasteiger partial charge on any atom is -0.497 e. The van der Waals surface area contributed by atoms with E-state index in [9.17, 15) is 13.2 Å². The molecule has 1 aromatic carbocycles. The molecule has 1 N–H and O–H groups in total. The molecule has 0 spiro atoms. The lowest BCUT2D eigenvalue weighted by Gasteiger charge is -2.10. The maximum Gasteiger partial charge on any atom is 0.267 e. The fourth-order valence-corrected chi connectivity index (χ4v) is 4.00. The summed E-state index contributed by atoms with van der Waals surface area (Å²) in [6, 6.07) is 6.16. The number of hydrogen-bond acceptors (Lipinski definition) is 6. The molecular formula is C19H20N4O4S. The van der Waals surface area contributed by atoms with Gasteiger partial charge in [-0.25, -0.2) is 12.4 Å². The summed E-state index contributed by atoms with van der Waals surface area (Å²) in [5.74, 6) is 0.172. The van der Waals surface area contributed by atoms with Crippen LogP contribution in [0.3, 0.4) is 0 Å². The fourth-order valence-electron chi connectivity index (χ4n) is 2.60. The number of carbonyl (C=O) groups excluding carboxylic acids is 1. The highest BCUT2D eigenvalue weighted by atomic mass is 32.2. The third-order valence-corrected chi connectivity index (χ3v) is 5.93. The molecule has 1 amide bonds. The molecule has 3 rings (SSSR count). The van der Waals surface area contributed by atoms with Crippen LogP contribution in [0.5, 0.6) is 5.75 Å². The van der Waals surface area contributed by atoms with Crippen LogP contribution in [0.15, 0.2) is 53.9 Å². The summed E-state index contributed by atoms with van der Waals surface area (Å²) in [5, 5.41) is 2.70. The van der Waals surface area contributed by atoms with Gasteiger partial charge in [0.1, 0.15) is 5.75 Å². The van der Waals surface area contributed by atoms with Crippen molar-refractivity contribution in [1.29, 1.82) is 0 Å². The first-order chi connectivity index (χ1) is 13.3. The molecule has 0 aliphatic carbocycles. The van der Waals surface area contributed by atoms with Crippen LogP contribution in [-0.4, -0.2) is 35.4 Å². The fraction of sp³-hybridized carbons (Fsp3) is 0.211. The van der Waals surface area contributed by atoms with Crippen molar-refractivity contribution in [2.24, 2.45) is 0 Å². The van der Waals surface area contributed by atoms with Crippen LogP contribution in [0.4, 0.5) is 0 Å². The Bertz CT molecular complexity index is 1110. The van der Waals surface area contributed by atoms with Gasteiger partial charge in [0.05, 0.1) is 41.7 Å². The van der Waals surface area contributed by atoms with Crippen molar-refractivity contribution in [2.45, 2.75) is 25.3 Å². The van der Waals surface area contributed by atoms with Gasteiger partial charge in [-0.2, -0.15) is 0 Å². The molecule has 0 radical (unpaired) electrons. The van der Waals surface area contributed by atoms with Gasteiger partial charge in [0, 0.05) is 18.6 Å². The minimum absolute atomic E-state index is 0.144. The number of methoxy groups -OCH3 is 1. The highest BCUT2D eigenvalue weighted by Gasteiger charge is 2.21. The zero-order valence-electron chi connectivity index (χ0n) is 15.7. The van der Waals surface area contributed by atoms with Gasteiger partial charge in [0.2, 0.25) is 0 Å². The van der Waals surface area contributed by atoms with E-state index in [0.29, 0.717) is 17.0 Å².